The van der Waals surface area contributed by atoms with E-state index >= 15 is 0 Å². The zero-order valence-electron chi connectivity index (χ0n) is 19.9. The fourth-order valence-corrected chi connectivity index (χ4v) is 4.63. The summed E-state index contributed by atoms with van der Waals surface area (Å²) in [6, 6.07) is 1.69. The van der Waals surface area contributed by atoms with Crippen LogP contribution in [0.5, 0.6) is 0 Å². The average molecular weight is 515 g/mol. The van der Waals surface area contributed by atoms with Gasteiger partial charge in [-0.25, -0.2) is 13.5 Å². The number of aliphatic hydroxyl groups is 2. The van der Waals surface area contributed by atoms with Gasteiger partial charge in [-0.05, 0) is 12.1 Å². The van der Waals surface area contributed by atoms with Crippen LogP contribution in [-0.2, 0) is 14.3 Å². The predicted molar refractivity (Wildman–Crippen MR) is 123 cm³/mol. The third kappa shape index (κ3) is 5.05. The number of aromatic nitrogens is 3. The lowest BCUT2D eigenvalue weighted by molar-refractivity contribution is -0.219. The standard InChI is InChI=1S/C23H29ClF2N4O5/c1-23(2,3)17-8-11(35-28-17)7-15-22(33-4)20(21(32)16(10-31)34-15)30-9-14(27-29-30)12-5-6-13(24)19(26)18(12)25/h5-6,9,11,15-16,20-22,31-32H,7-8,10H2,1-4H3/t11-,15+,16+,20-,21-,22-/m0/s1. The Bertz CT molecular complexity index is 1090. The molecule has 0 unspecified atom stereocenters. The van der Waals surface area contributed by atoms with Crippen LogP contribution in [0.1, 0.15) is 39.7 Å². The molecule has 0 radical (unpaired) electrons. The van der Waals surface area contributed by atoms with Crippen molar-refractivity contribution in [3.05, 3.63) is 35.0 Å². The average Bonchev–Trinajstić information content (AvgIpc) is 3.48. The number of aliphatic hydroxyl groups excluding tert-OH is 2. The second kappa shape index (κ2) is 10.1. The number of ether oxygens (including phenoxy) is 2. The summed E-state index contributed by atoms with van der Waals surface area (Å²) >= 11 is 5.65. The van der Waals surface area contributed by atoms with Crippen molar-refractivity contribution in [1.29, 1.82) is 0 Å². The van der Waals surface area contributed by atoms with E-state index < -0.39 is 48.7 Å². The zero-order chi connectivity index (χ0) is 25.5. The van der Waals surface area contributed by atoms with Crippen molar-refractivity contribution in [2.75, 3.05) is 13.7 Å². The number of rotatable bonds is 6. The van der Waals surface area contributed by atoms with Gasteiger partial charge in [0.1, 0.15) is 36.2 Å². The number of oxime groups is 1. The fraction of sp³-hybridized carbons (Fsp3) is 0.609. The van der Waals surface area contributed by atoms with E-state index in [4.69, 9.17) is 25.9 Å². The van der Waals surface area contributed by atoms with Gasteiger partial charge in [0.2, 0.25) is 0 Å². The molecular formula is C23H29ClF2N4O5. The molecule has 0 saturated carbocycles. The molecule has 2 N–H and O–H groups in total. The molecule has 0 bridgehead atoms. The van der Waals surface area contributed by atoms with Gasteiger partial charge < -0.3 is 24.5 Å². The molecule has 2 aliphatic heterocycles. The van der Waals surface area contributed by atoms with Crippen molar-refractivity contribution < 1.29 is 33.3 Å². The van der Waals surface area contributed by atoms with E-state index in [0.29, 0.717) is 12.8 Å². The molecule has 2 aliphatic rings. The van der Waals surface area contributed by atoms with Crippen molar-refractivity contribution >= 4 is 17.3 Å². The quantitative estimate of drug-likeness (QED) is 0.570. The summed E-state index contributed by atoms with van der Waals surface area (Å²) in [6.07, 6.45) is -1.31. The van der Waals surface area contributed by atoms with Gasteiger partial charge >= 0.3 is 0 Å². The van der Waals surface area contributed by atoms with Crippen molar-refractivity contribution in [1.82, 2.24) is 15.0 Å². The van der Waals surface area contributed by atoms with Crippen LogP contribution in [0.3, 0.4) is 0 Å². The first-order valence-electron chi connectivity index (χ1n) is 11.3. The van der Waals surface area contributed by atoms with Crippen molar-refractivity contribution in [3.8, 4) is 11.3 Å². The van der Waals surface area contributed by atoms with Crippen LogP contribution in [-0.4, -0.2) is 75.2 Å². The van der Waals surface area contributed by atoms with E-state index in [1.807, 2.05) is 0 Å². The first-order valence-corrected chi connectivity index (χ1v) is 11.7. The lowest BCUT2D eigenvalue weighted by atomic mass is 9.85. The van der Waals surface area contributed by atoms with Gasteiger partial charge in [-0.1, -0.05) is 42.7 Å². The third-order valence-electron chi connectivity index (χ3n) is 6.46. The van der Waals surface area contributed by atoms with Crippen molar-refractivity contribution in [3.63, 3.8) is 0 Å². The Balaban J connectivity index is 1.60. The molecule has 2 aromatic rings. The molecule has 1 aromatic carbocycles. The topological polar surface area (TPSA) is 111 Å². The summed E-state index contributed by atoms with van der Waals surface area (Å²) in [5.41, 5.74) is 0.713. The fourth-order valence-electron chi connectivity index (χ4n) is 4.48. The van der Waals surface area contributed by atoms with Crippen LogP contribution in [0.2, 0.25) is 5.02 Å². The van der Waals surface area contributed by atoms with Crippen LogP contribution in [0.25, 0.3) is 11.3 Å². The highest BCUT2D eigenvalue weighted by atomic mass is 35.5. The SMILES string of the molecule is CO[C@@H]1[C@@H](n2cc(-c3ccc(Cl)c(F)c3F)nn2)[C@@H](O)[C@@H](CO)O[C@@H]1C[C@H]1CC(C(C)(C)C)=NO1. The molecule has 6 atom stereocenters. The molecule has 0 aliphatic carbocycles. The van der Waals surface area contributed by atoms with E-state index in [9.17, 15) is 19.0 Å². The molecule has 12 heteroatoms. The van der Waals surface area contributed by atoms with Gasteiger partial charge in [-0.15, -0.1) is 5.10 Å². The molecule has 4 rings (SSSR count). The molecule has 1 saturated heterocycles. The summed E-state index contributed by atoms with van der Waals surface area (Å²) in [5, 5.41) is 32.7. The van der Waals surface area contributed by atoms with Gasteiger partial charge in [-0.2, -0.15) is 0 Å². The number of hydrogen-bond acceptors (Lipinski definition) is 8. The monoisotopic (exact) mass is 514 g/mol. The summed E-state index contributed by atoms with van der Waals surface area (Å²) in [6.45, 7) is 5.72. The molecular weight excluding hydrogens is 486 g/mol. The van der Waals surface area contributed by atoms with Crippen LogP contribution < -0.4 is 0 Å². The highest BCUT2D eigenvalue weighted by molar-refractivity contribution is 6.30. The number of nitrogens with zero attached hydrogens (tertiary/aromatic N) is 4. The lowest BCUT2D eigenvalue weighted by Crippen LogP contribution is -2.57. The maximum Gasteiger partial charge on any atom is 0.178 e. The van der Waals surface area contributed by atoms with Crippen LogP contribution >= 0.6 is 11.6 Å². The van der Waals surface area contributed by atoms with Crippen molar-refractivity contribution in [2.24, 2.45) is 10.6 Å². The Morgan fingerprint density at radius 2 is 1.97 bits per heavy atom. The molecule has 9 nitrogen and oxygen atoms in total. The molecule has 1 fully saturated rings. The first-order chi connectivity index (χ1) is 16.5. The molecule has 3 heterocycles. The summed E-state index contributed by atoms with van der Waals surface area (Å²) in [5.74, 6) is -2.34. The Morgan fingerprint density at radius 3 is 2.60 bits per heavy atom. The second-order valence-corrected chi connectivity index (χ2v) is 10.2. The molecule has 0 amide bonds. The van der Waals surface area contributed by atoms with Gasteiger partial charge in [0.05, 0.1) is 29.6 Å². The van der Waals surface area contributed by atoms with Crippen molar-refractivity contribution in [2.45, 2.75) is 70.2 Å². The summed E-state index contributed by atoms with van der Waals surface area (Å²) in [4.78, 5) is 5.62. The summed E-state index contributed by atoms with van der Waals surface area (Å²) < 4.78 is 41.4. The largest absolute Gasteiger partial charge is 0.394 e. The lowest BCUT2D eigenvalue weighted by Gasteiger charge is -2.44. The minimum absolute atomic E-state index is 0.0473. The minimum atomic E-state index is -1.21. The Labute approximate surface area is 206 Å². The summed E-state index contributed by atoms with van der Waals surface area (Å²) in [7, 11) is 1.47. The molecule has 0 spiro atoms. The Hall–Kier alpha value is -2.18. The van der Waals surface area contributed by atoms with E-state index in [2.05, 4.69) is 36.2 Å². The smallest absolute Gasteiger partial charge is 0.178 e. The predicted octanol–water partition coefficient (Wildman–Crippen LogP) is 3.13. The maximum atomic E-state index is 14.5. The minimum Gasteiger partial charge on any atom is -0.394 e. The molecule has 1 aromatic heterocycles. The van der Waals surface area contributed by atoms with E-state index in [1.54, 1.807) is 0 Å². The number of halogens is 3. The zero-order valence-corrected chi connectivity index (χ0v) is 20.6. The number of benzene rings is 1. The Morgan fingerprint density at radius 1 is 1.23 bits per heavy atom. The highest BCUT2D eigenvalue weighted by Gasteiger charge is 2.48. The van der Waals surface area contributed by atoms with E-state index in [1.165, 1.54) is 30.1 Å². The van der Waals surface area contributed by atoms with Crippen LogP contribution in [0, 0.1) is 17.0 Å². The second-order valence-electron chi connectivity index (χ2n) is 9.84. The van der Waals surface area contributed by atoms with Gasteiger partial charge in [0.25, 0.3) is 0 Å². The van der Waals surface area contributed by atoms with Gasteiger partial charge in [-0.3, -0.25) is 0 Å². The van der Waals surface area contributed by atoms with Gasteiger partial charge in [0, 0.05) is 30.9 Å². The third-order valence-corrected chi connectivity index (χ3v) is 6.75. The van der Waals surface area contributed by atoms with Crippen LogP contribution in [0.15, 0.2) is 23.5 Å². The number of methoxy groups -OCH3 is 1. The van der Waals surface area contributed by atoms with Crippen LogP contribution in [0.4, 0.5) is 8.78 Å². The maximum absolute atomic E-state index is 14.5. The van der Waals surface area contributed by atoms with Gasteiger partial charge in [0.15, 0.2) is 11.6 Å². The molecule has 192 valence electrons. The highest BCUT2D eigenvalue weighted by Crippen LogP contribution is 2.37. The normalized spacial score (nSPS) is 29.2. The Kier molecular flexibility index (Phi) is 7.44. The first kappa shape index (κ1) is 25.9. The van der Waals surface area contributed by atoms with E-state index in [0.717, 1.165) is 5.71 Å². The molecule has 35 heavy (non-hydrogen) atoms. The van der Waals surface area contributed by atoms with E-state index in [-0.39, 0.29) is 27.8 Å². The number of hydrogen-bond donors (Lipinski definition) is 2.